The van der Waals surface area contributed by atoms with Crippen molar-refractivity contribution in [3.8, 4) is 5.75 Å². The van der Waals surface area contributed by atoms with Crippen molar-refractivity contribution < 1.29 is 23.0 Å². The maximum absolute atomic E-state index is 14.1. The number of ether oxygens (including phenoxy) is 2. The van der Waals surface area contributed by atoms with Crippen molar-refractivity contribution in [2.75, 3.05) is 6.61 Å². The number of nitrogens with zero attached hydrogens (tertiary/aromatic N) is 2. The van der Waals surface area contributed by atoms with Gasteiger partial charge in [0, 0.05) is 11.1 Å². The first-order valence-corrected chi connectivity index (χ1v) is 13.1. The van der Waals surface area contributed by atoms with Crippen LogP contribution < -0.4 is 19.6 Å². The average molecular weight is 547 g/mol. The first kappa shape index (κ1) is 26.2. The van der Waals surface area contributed by atoms with E-state index < -0.39 is 17.8 Å². The second-order valence-electron chi connectivity index (χ2n) is 8.77. The summed E-state index contributed by atoms with van der Waals surface area (Å²) >= 11 is 1.17. The van der Waals surface area contributed by atoms with E-state index in [4.69, 9.17) is 9.47 Å². The van der Waals surface area contributed by atoms with Crippen LogP contribution in [0.2, 0.25) is 0 Å². The van der Waals surface area contributed by atoms with Crippen LogP contribution in [0, 0.1) is 11.6 Å². The SMILES string of the molecule is CCOC(=O)C1=C(C)N=c2s/c(=C\c3ccccc3OCc3ccccc3F)c(=O)n2C1c1ccc(F)cc1. The molecule has 0 saturated carbocycles. The number of allylic oxidation sites excluding steroid dienone is 1. The maximum atomic E-state index is 14.1. The number of hydrogen-bond acceptors (Lipinski definition) is 6. The minimum absolute atomic E-state index is 0.0193. The Morgan fingerprint density at radius 3 is 2.51 bits per heavy atom. The van der Waals surface area contributed by atoms with E-state index in [1.165, 1.54) is 34.1 Å². The molecule has 6 nitrogen and oxygen atoms in total. The quantitative estimate of drug-likeness (QED) is 0.317. The number of hydrogen-bond donors (Lipinski definition) is 0. The Morgan fingerprint density at radius 1 is 1.05 bits per heavy atom. The summed E-state index contributed by atoms with van der Waals surface area (Å²) in [7, 11) is 0. The van der Waals surface area contributed by atoms with Gasteiger partial charge in [-0.1, -0.05) is 59.9 Å². The van der Waals surface area contributed by atoms with Crippen LogP contribution in [0.1, 0.15) is 36.6 Å². The monoisotopic (exact) mass is 546 g/mol. The minimum Gasteiger partial charge on any atom is -0.488 e. The van der Waals surface area contributed by atoms with E-state index >= 15 is 0 Å². The lowest BCUT2D eigenvalue weighted by Crippen LogP contribution is -2.39. The van der Waals surface area contributed by atoms with Gasteiger partial charge >= 0.3 is 5.97 Å². The van der Waals surface area contributed by atoms with Crippen LogP contribution in [0.3, 0.4) is 0 Å². The average Bonchev–Trinajstić information content (AvgIpc) is 3.23. The highest BCUT2D eigenvalue weighted by Crippen LogP contribution is 2.31. The molecule has 0 spiro atoms. The van der Waals surface area contributed by atoms with Crippen molar-refractivity contribution in [2.24, 2.45) is 4.99 Å². The van der Waals surface area contributed by atoms with Gasteiger partial charge in [-0.15, -0.1) is 0 Å². The molecule has 3 aromatic carbocycles. The lowest BCUT2D eigenvalue weighted by molar-refractivity contribution is -0.139. The van der Waals surface area contributed by atoms with Gasteiger partial charge in [-0.05, 0) is 49.8 Å². The summed E-state index contributed by atoms with van der Waals surface area (Å²) < 4.78 is 40.8. The first-order valence-electron chi connectivity index (χ1n) is 12.3. The second-order valence-corrected chi connectivity index (χ2v) is 9.78. The van der Waals surface area contributed by atoms with Crippen molar-refractivity contribution >= 4 is 23.4 Å². The smallest absolute Gasteiger partial charge is 0.338 e. The summed E-state index contributed by atoms with van der Waals surface area (Å²) in [4.78, 5) is 31.7. The van der Waals surface area contributed by atoms with Gasteiger partial charge in [-0.3, -0.25) is 9.36 Å². The Morgan fingerprint density at radius 2 is 1.77 bits per heavy atom. The highest BCUT2D eigenvalue weighted by molar-refractivity contribution is 7.07. The zero-order valence-electron chi connectivity index (χ0n) is 21.2. The summed E-state index contributed by atoms with van der Waals surface area (Å²) in [6, 6.07) is 18.3. The Labute approximate surface area is 226 Å². The Bertz CT molecular complexity index is 1760. The standard InChI is InChI=1S/C30H24F2N2O4S/c1-3-37-29(36)26-18(2)33-30-34(27(26)19-12-14-22(31)15-13-19)28(35)25(39-30)16-20-8-5-7-11-24(20)38-17-21-9-4-6-10-23(21)32/h4-16,27H,3,17H2,1-2H3/b25-16-. The van der Waals surface area contributed by atoms with E-state index in [0.29, 0.717) is 37.5 Å². The van der Waals surface area contributed by atoms with E-state index in [-0.39, 0.29) is 30.2 Å². The highest BCUT2D eigenvalue weighted by Gasteiger charge is 2.33. The molecule has 0 radical (unpaired) electrons. The fourth-order valence-electron chi connectivity index (χ4n) is 4.40. The summed E-state index contributed by atoms with van der Waals surface area (Å²) in [5.41, 5.74) is 1.85. The molecule has 39 heavy (non-hydrogen) atoms. The number of benzene rings is 3. The third-order valence-electron chi connectivity index (χ3n) is 6.25. The van der Waals surface area contributed by atoms with Crippen molar-refractivity contribution in [1.29, 1.82) is 0 Å². The Hall–Kier alpha value is -4.37. The molecule has 2 heterocycles. The van der Waals surface area contributed by atoms with E-state index in [1.54, 1.807) is 68.5 Å². The van der Waals surface area contributed by atoms with Gasteiger partial charge in [0.25, 0.3) is 5.56 Å². The largest absolute Gasteiger partial charge is 0.488 e. The molecule has 9 heteroatoms. The Balaban J connectivity index is 1.60. The zero-order valence-corrected chi connectivity index (χ0v) is 22.0. The molecule has 1 aliphatic heterocycles. The number of carbonyl (C=O) groups is 1. The number of halogens is 2. The van der Waals surface area contributed by atoms with Crippen molar-refractivity contribution in [1.82, 2.24) is 4.57 Å². The third-order valence-corrected chi connectivity index (χ3v) is 7.23. The molecule has 0 bridgehead atoms. The molecule has 0 aliphatic carbocycles. The van der Waals surface area contributed by atoms with Crippen LogP contribution in [0.15, 0.2) is 93.9 Å². The predicted octanol–water partition coefficient (Wildman–Crippen LogP) is 4.66. The van der Waals surface area contributed by atoms with Crippen LogP contribution in [0.5, 0.6) is 5.75 Å². The third kappa shape index (κ3) is 5.31. The maximum Gasteiger partial charge on any atom is 0.338 e. The number of esters is 1. The zero-order chi connectivity index (χ0) is 27.5. The molecular weight excluding hydrogens is 522 g/mol. The number of thiazole rings is 1. The number of aromatic nitrogens is 1. The van der Waals surface area contributed by atoms with Gasteiger partial charge in [0.1, 0.15) is 24.0 Å². The second kappa shape index (κ2) is 11.2. The van der Waals surface area contributed by atoms with Crippen molar-refractivity contribution in [3.05, 3.63) is 132 Å². The molecule has 0 amide bonds. The molecule has 0 saturated heterocycles. The van der Waals surface area contributed by atoms with Gasteiger partial charge in [-0.2, -0.15) is 0 Å². The Kier molecular flexibility index (Phi) is 7.51. The number of fused-ring (bicyclic) bond motifs is 1. The lowest BCUT2D eigenvalue weighted by atomic mass is 9.96. The molecule has 1 unspecified atom stereocenters. The number of rotatable bonds is 7. The normalized spacial score (nSPS) is 15.1. The van der Waals surface area contributed by atoms with E-state index in [2.05, 4.69) is 4.99 Å². The highest BCUT2D eigenvalue weighted by atomic mass is 32.1. The number of carbonyl (C=O) groups excluding carboxylic acids is 1. The van der Waals surface area contributed by atoms with Crippen LogP contribution >= 0.6 is 11.3 Å². The molecule has 5 rings (SSSR count). The van der Waals surface area contributed by atoms with Gasteiger partial charge in [0.2, 0.25) is 0 Å². The van der Waals surface area contributed by atoms with E-state index in [9.17, 15) is 18.4 Å². The predicted molar refractivity (Wildman–Crippen MR) is 144 cm³/mol. The summed E-state index contributed by atoms with van der Waals surface area (Å²) in [6.07, 6.45) is 1.69. The molecule has 4 aromatic rings. The minimum atomic E-state index is -0.837. The lowest BCUT2D eigenvalue weighted by Gasteiger charge is -2.24. The number of para-hydroxylation sites is 1. The van der Waals surface area contributed by atoms with Gasteiger partial charge < -0.3 is 9.47 Å². The van der Waals surface area contributed by atoms with Gasteiger partial charge in [-0.25, -0.2) is 18.6 Å². The summed E-state index contributed by atoms with van der Waals surface area (Å²) in [5, 5.41) is 0. The van der Waals surface area contributed by atoms with E-state index in [0.717, 1.165) is 0 Å². The molecule has 1 aliphatic rings. The summed E-state index contributed by atoms with van der Waals surface area (Å²) in [5.74, 6) is -0.910. The van der Waals surface area contributed by atoms with Crippen molar-refractivity contribution in [2.45, 2.75) is 26.5 Å². The van der Waals surface area contributed by atoms with Gasteiger partial charge in [0.05, 0.1) is 28.5 Å². The van der Waals surface area contributed by atoms with Crippen molar-refractivity contribution in [3.63, 3.8) is 0 Å². The molecular formula is C30H24F2N2O4S. The molecule has 198 valence electrons. The van der Waals surface area contributed by atoms with Crippen LogP contribution in [-0.2, 0) is 16.1 Å². The molecule has 1 aromatic heterocycles. The van der Waals surface area contributed by atoms with Gasteiger partial charge in [0.15, 0.2) is 4.80 Å². The fraction of sp³-hybridized carbons (Fsp3) is 0.167. The van der Waals surface area contributed by atoms with E-state index in [1.807, 2.05) is 6.07 Å². The van der Waals surface area contributed by atoms with Crippen LogP contribution in [0.25, 0.3) is 6.08 Å². The van der Waals surface area contributed by atoms with Crippen LogP contribution in [-0.4, -0.2) is 17.1 Å². The molecule has 0 N–H and O–H groups in total. The van der Waals surface area contributed by atoms with Crippen LogP contribution in [0.4, 0.5) is 8.78 Å². The molecule has 0 fully saturated rings. The summed E-state index contributed by atoms with van der Waals surface area (Å²) in [6.45, 7) is 3.55. The topological polar surface area (TPSA) is 69.9 Å². The molecule has 1 atom stereocenters. The fourth-order valence-corrected chi connectivity index (χ4v) is 5.43. The first-order chi connectivity index (χ1) is 18.9.